The second kappa shape index (κ2) is 6.68. The van der Waals surface area contributed by atoms with Crippen molar-refractivity contribution in [3.05, 3.63) is 31.0 Å². The van der Waals surface area contributed by atoms with Gasteiger partial charge in [0.25, 0.3) is 0 Å². The van der Waals surface area contributed by atoms with Gasteiger partial charge in [-0.25, -0.2) is 8.78 Å². The molecule has 0 amide bonds. The fraction of sp³-hybridized carbons (Fsp3) is 0.400. The maximum Gasteiger partial charge on any atom is 0.364 e. The van der Waals surface area contributed by atoms with Crippen molar-refractivity contribution in [2.75, 3.05) is 6.61 Å². The van der Waals surface area contributed by atoms with E-state index in [4.69, 9.17) is 0 Å². The number of pyridine rings is 1. The molecule has 0 N–H and O–H groups in total. The van der Waals surface area contributed by atoms with E-state index in [2.05, 4.69) is 9.72 Å². The Morgan fingerprint density at radius 1 is 1.63 bits per heavy atom. The second-order valence-electron chi connectivity index (χ2n) is 3.38. The van der Waals surface area contributed by atoms with E-state index in [1.54, 1.807) is 29.5 Å². The molecule has 0 radical (unpaired) electrons. The lowest BCUT2D eigenvalue weighted by molar-refractivity contribution is -0.389. The molecule has 6 nitrogen and oxygen atoms in total. The maximum absolute atomic E-state index is 12.7. The summed E-state index contributed by atoms with van der Waals surface area (Å²) in [7, 11) is 0. The van der Waals surface area contributed by atoms with Crippen molar-refractivity contribution < 1.29 is 23.2 Å². The first kappa shape index (κ1) is 15.7. The first-order valence-corrected chi connectivity index (χ1v) is 6.22. The number of hydrogen-bond acceptors (Lipinski definition) is 5. The van der Waals surface area contributed by atoms with Gasteiger partial charge in [0, 0.05) is 6.07 Å². The van der Waals surface area contributed by atoms with E-state index >= 15 is 0 Å². The Morgan fingerprint density at radius 3 is 2.74 bits per heavy atom. The van der Waals surface area contributed by atoms with Crippen LogP contribution in [-0.4, -0.2) is 22.5 Å². The van der Waals surface area contributed by atoms with Gasteiger partial charge >= 0.3 is 18.2 Å². The summed E-state index contributed by atoms with van der Waals surface area (Å²) in [6.07, 6.45) is -3.26. The number of rotatable bonds is 5. The van der Waals surface area contributed by atoms with Crippen LogP contribution in [0.15, 0.2) is 6.07 Å². The molecular formula is C10H9F2IN2O4. The minimum absolute atomic E-state index is 0.0336. The summed E-state index contributed by atoms with van der Waals surface area (Å²) in [6, 6.07) is 1.00. The third-order valence-electron chi connectivity index (χ3n) is 2.08. The van der Waals surface area contributed by atoms with Gasteiger partial charge in [-0.15, -0.1) is 0 Å². The van der Waals surface area contributed by atoms with Crippen molar-refractivity contribution in [2.45, 2.75) is 19.8 Å². The Hall–Kier alpha value is -1.39. The normalized spacial score (nSPS) is 10.6. The van der Waals surface area contributed by atoms with Crippen LogP contribution in [0.4, 0.5) is 14.6 Å². The van der Waals surface area contributed by atoms with E-state index in [0.717, 1.165) is 6.07 Å². The van der Waals surface area contributed by atoms with Crippen LogP contribution in [-0.2, 0) is 16.0 Å². The zero-order chi connectivity index (χ0) is 14.6. The van der Waals surface area contributed by atoms with E-state index in [1.165, 1.54) is 0 Å². The van der Waals surface area contributed by atoms with E-state index in [-0.39, 0.29) is 22.2 Å². The van der Waals surface area contributed by atoms with Crippen molar-refractivity contribution >= 4 is 34.4 Å². The molecule has 0 bridgehead atoms. The van der Waals surface area contributed by atoms with Crippen LogP contribution in [0.5, 0.6) is 0 Å². The lowest BCUT2D eigenvalue weighted by atomic mass is 10.1. The van der Waals surface area contributed by atoms with Gasteiger partial charge in [0.15, 0.2) is 0 Å². The van der Waals surface area contributed by atoms with Crippen LogP contribution in [0.25, 0.3) is 0 Å². The highest BCUT2D eigenvalue weighted by molar-refractivity contribution is 14.1. The Labute approximate surface area is 120 Å². The van der Waals surface area contributed by atoms with E-state index in [1.807, 2.05) is 0 Å². The van der Waals surface area contributed by atoms with Crippen LogP contribution in [0.3, 0.4) is 0 Å². The lowest BCUT2D eigenvalue weighted by Gasteiger charge is -2.06. The predicted molar refractivity (Wildman–Crippen MR) is 68.9 cm³/mol. The fourth-order valence-electron chi connectivity index (χ4n) is 1.32. The topological polar surface area (TPSA) is 82.3 Å². The third kappa shape index (κ3) is 4.04. The highest BCUT2D eigenvalue weighted by Crippen LogP contribution is 2.28. The molecule has 1 aromatic heterocycles. The van der Waals surface area contributed by atoms with Crippen LogP contribution in [0.2, 0.25) is 0 Å². The van der Waals surface area contributed by atoms with E-state index in [0.29, 0.717) is 0 Å². The quantitative estimate of drug-likeness (QED) is 0.336. The molecule has 0 aromatic carbocycles. The van der Waals surface area contributed by atoms with Gasteiger partial charge in [0.2, 0.25) is 5.69 Å². The molecule has 0 spiro atoms. The minimum Gasteiger partial charge on any atom is -0.466 e. The Balaban J connectivity index is 3.21. The number of alkyl halides is 2. The zero-order valence-electron chi connectivity index (χ0n) is 9.73. The number of hydrogen-bond donors (Lipinski definition) is 0. The first-order chi connectivity index (χ1) is 8.86. The summed E-state index contributed by atoms with van der Waals surface area (Å²) < 4.78 is 30.2. The Morgan fingerprint density at radius 2 is 2.26 bits per heavy atom. The monoisotopic (exact) mass is 386 g/mol. The van der Waals surface area contributed by atoms with Gasteiger partial charge in [-0.1, -0.05) is 0 Å². The van der Waals surface area contributed by atoms with Crippen molar-refractivity contribution in [1.82, 2.24) is 4.98 Å². The van der Waals surface area contributed by atoms with Gasteiger partial charge in [0.05, 0.1) is 16.6 Å². The molecule has 0 fully saturated rings. The number of aromatic nitrogens is 1. The maximum atomic E-state index is 12.7. The molecule has 9 heteroatoms. The highest BCUT2D eigenvalue weighted by atomic mass is 127. The third-order valence-corrected chi connectivity index (χ3v) is 3.32. The number of nitrogens with zero attached hydrogens (tertiary/aromatic N) is 2. The largest absolute Gasteiger partial charge is 0.466 e. The standard InChI is InChI=1S/C10H9F2IN2O4/c1-2-19-7(16)4-5-3-6(15(17)18)14-9(8(5)13)10(11)12/h3,10H,2,4H2,1H3. The molecule has 0 saturated carbocycles. The SMILES string of the molecule is CCOC(=O)Cc1cc([N+](=O)[O-])nc(C(F)F)c1I. The lowest BCUT2D eigenvalue weighted by Crippen LogP contribution is -2.11. The number of nitro groups is 1. The molecule has 1 aromatic rings. The van der Waals surface area contributed by atoms with Gasteiger partial charge in [-0.05, 0) is 45.0 Å². The summed E-state index contributed by atoms with van der Waals surface area (Å²) in [4.78, 5) is 24.4. The molecule has 0 aliphatic heterocycles. The number of carbonyl (C=O) groups is 1. The molecule has 1 rings (SSSR count). The van der Waals surface area contributed by atoms with Gasteiger partial charge < -0.3 is 14.9 Å². The average Bonchev–Trinajstić information content (AvgIpc) is 2.31. The molecule has 0 atom stereocenters. The molecular weight excluding hydrogens is 377 g/mol. The van der Waals surface area contributed by atoms with Crippen molar-refractivity contribution in [2.24, 2.45) is 0 Å². The predicted octanol–water partition coefficient (Wildman–Crippen LogP) is 2.64. The zero-order valence-corrected chi connectivity index (χ0v) is 11.9. The minimum atomic E-state index is -2.95. The van der Waals surface area contributed by atoms with Gasteiger partial charge in [-0.2, -0.15) is 0 Å². The molecule has 19 heavy (non-hydrogen) atoms. The molecule has 0 saturated heterocycles. The van der Waals surface area contributed by atoms with Gasteiger partial charge in [0.1, 0.15) is 0 Å². The average molecular weight is 386 g/mol. The summed E-state index contributed by atoms with van der Waals surface area (Å²) >= 11 is 1.59. The summed E-state index contributed by atoms with van der Waals surface area (Å²) in [5, 5.41) is 10.6. The van der Waals surface area contributed by atoms with Crippen molar-refractivity contribution in [1.29, 1.82) is 0 Å². The Kier molecular flexibility index (Phi) is 5.51. The van der Waals surface area contributed by atoms with Gasteiger partial charge in [-0.3, -0.25) is 4.79 Å². The Bertz CT molecular complexity index is 511. The smallest absolute Gasteiger partial charge is 0.364 e. The highest BCUT2D eigenvalue weighted by Gasteiger charge is 2.26. The first-order valence-electron chi connectivity index (χ1n) is 5.14. The van der Waals surface area contributed by atoms with Crippen LogP contribution in [0, 0.1) is 13.7 Å². The molecule has 0 aliphatic rings. The molecule has 104 valence electrons. The van der Waals surface area contributed by atoms with E-state index in [9.17, 15) is 23.7 Å². The molecule has 0 unspecified atom stereocenters. The van der Waals surface area contributed by atoms with E-state index < -0.39 is 28.8 Å². The number of ether oxygens (including phenoxy) is 1. The van der Waals surface area contributed by atoms with Crippen molar-refractivity contribution in [3.63, 3.8) is 0 Å². The number of esters is 1. The summed E-state index contributed by atoms with van der Waals surface area (Å²) in [5.41, 5.74) is -0.592. The van der Waals surface area contributed by atoms with Crippen LogP contribution >= 0.6 is 22.6 Å². The molecule has 1 heterocycles. The summed E-state index contributed by atoms with van der Waals surface area (Å²) in [5.74, 6) is -1.35. The number of carbonyl (C=O) groups excluding carboxylic acids is 1. The summed E-state index contributed by atoms with van der Waals surface area (Å²) in [6.45, 7) is 1.74. The molecule has 0 aliphatic carbocycles. The van der Waals surface area contributed by atoms with Crippen molar-refractivity contribution in [3.8, 4) is 0 Å². The van der Waals surface area contributed by atoms with Crippen LogP contribution < -0.4 is 0 Å². The second-order valence-corrected chi connectivity index (χ2v) is 4.46. The van der Waals surface area contributed by atoms with Crippen LogP contribution in [0.1, 0.15) is 24.6 Å². The fourth-order valence-corrected chi connectivity index (χ4v) is 2.03. The number of halogens is 3.